The average molecular weight is 329 g/mol. The molecule has 0 N–H and O–H groups in total. The first-order valence-corrected chi connectivity index (χ1v) is 12.2. The van der Waals surface area contributed by atoms with E-state index in [1.165, 1.54) is 56.7 Å². The van der Waals surface area contributed by atoms with Crippen LogP contribution in [0, 0.1) is 0 Å². The quantitative estimate of drug-likeness (QED) is 0.179. The topological polar surface area (TPSA) is 18.5 Å². The van der Waals surface area contributed by atoms with Crippen LogP contribution in [0.1, 0.15) is 79.1 Å². The van der Waals surface area contributed by atoms with Crippen molar-refractivity contribution in [3.8, 4) is 0 Å². The van der Waals surface area contributed by atoms with Crippen LogP contribution in [0.25, 0.3) is 0 Å². The van der Waals surface area contributed by atoms with E-state index in [4.69, 9.17) is 9.16 Å². The zero-order valence-electron chi connectivity index (χ0n) is 15.7. The lowest BCUT2D eigenvalue weighted by molar-refractivity contribution is 0.203. The lowest BCUT2D eigenvalue weighted by Crippen LogP contribution is -2.36. The minimum Gasteiger partial charge on any atom is -0.501 e. The van der Waals surface area contributed by atoms with E-state index in [9.17, 15) is 0 Å². The molecule has 0 aromatic heterocycles. The highest BCUT2D eigenvalue weighted by atomic mass is 28.4. The molecule has 132 valence electrons. The number of hydrogen-bond donors (Lipinski definition) is 0. The Kier molecular flexibility index (Phi) is 15.4. The molecule has 0 unspecified atom stereocenters. The first-order valence-electron chi connectivity index (χ1n) is 9.65. The van der Waals surface area contributed by atoms with E-state index < -0.39 is 8.32 Å². The monoisotopic (exact) mass is 328 g/mol. The fraction of sp³-hybridized carbons (Fsp3) is 0.895. The van der Waals surface area contributed by atoms with Crippen LogP contribution >= 0.6 is 0 Å². The maximum Gasteiger partial charge on any atom is 0.191 e. The molecule has 0 aliphatic rings. The summed E-state index contributed by atoms with van der Waals surface area (Å²) in [5.74, 6) is 0. The van der Waals surface area contributed by atoms with E-state index in [2.05, 4.69) is 33.8 Å². The highest BCUT2D eigenvalue weighted by Gasteiger charge is 2.28. The minimum atomic E-state index is -1.39. The Morgan fingerprint density at radius 3 is 2.00 bits per heavy atom. The molecule has 0 aliphatic carbocycles. The van der Waals surface area contributed by atoms with Gasteiger partial charge in [0.25, 0.3) is 0 Å². The van der Waals surface area contributed by atoms with Gasteiger partial charge in [-0.2, -0.15) is 0 Å². The molecule has 0 fully saturated rings. The molecule has 2 nitrogen and oxygen atoms in total. The average Bonchev–Trinajstić information content (AvgIpc) is 2.56. The summed E-state index contributed by atoms with van der Waals surface area (Å²) in [7, 11) is -1.39. The van der Waals surface area contributed by atoms with Gasteiger partial charge >= 0.3 is 0 Å². The summed E-state index contributed by atoms with van der Waals surface area (Å²) in [6.45, 7) is 10.8. The third-order valence-corrected chi connectivity index (χ3v) is 9.35. The van der Waals surface area contributed by atoms with Gasteiger partial charge in [0, 0.05) is 13.0 Å². The summed E-state index contributed by atoms with van der Waals surface area (Å²) in [4.78, 5) is 0. The van der Waals surface area contributed by atoms with Crippen LogP contribution < -0.4 is 0 Å². The Morgan fingerprint density at radius 1 is 0.727 bits per heavy atom. The first kappa shape index (κ1) is 21.7. The van der Waals surface area contributed by atoms with Crippen LogP contribution in [-0.4, -0.2) is 21.5 Å². The van der Waals surface area contributed by atoms with Crippen molar-refractivity contribution in [1.82, 2.24) is 0 Å². The van der Waals surface area contributed by atoms with Crippen molar-refractivity contribution in [3.05, 3.63) is 12.3 Å². The lowest BCUT2D eigenvalue weighted by atomic mass is 10.1. The summed E-state index contributed by atoms with van der Waals surface area (Å²) in [6.07, 6.45) is 14.4. The summed E-state index contributed by atoms with van der Waals surface area (Å²) in [6, 6.07) is 3.71. The van der Waals surface area contributed by atoms with Crippen molar-refractivity contribution < 1.29 is 9.16 Å². The van der Waals surface area contributed by atoms with Crippen molar-refractivity contribution in [2.45, 2.75) is 97.2 Å². The highest BCUT2D eigenvalue weighted by Crippen LogP contribution is 2.21. The van der Waals surface area contributed by atoms with E-state index >= 15 is 0 Å². The van der Waals surface area contributed by atoms with Crippen molar-refractivity contribution in [1.29, 1.82) is 0 Å². The molecule has 0 aromatic carbocycles. The summed E-state index contributed by atoms with van der Waals surface area (Å²) in [5, 5.41) is 0. The molecule has 0 saturated heterocycles. The zero-order valence-corrected chi connectivity index (χ0v) is 16.7. The molecule has 22 heavy (non-hydrogen) atoms. The molecule has 3 heteroatoms. The fourth-order valence-corrected chi connectivity index (χ4v) is 5.42. The SMILES string of the molecule is CCCCCCCC/C=C/OCCCO[Si](CC)(CC)CC. The largest absolute Gasteiger partial charge is 0.501 e. The van der Waals surface area contributed by atoms with Gasteiger partial charge < -0.3 is 9.16 Å². The second-order valence-corrected chi connectivity index (χ2v) is 11.0. The third-order valence-electron chi connectivity index (χ3n) is 4.66. The fourth-order valence-electron chi connectivity index (χ4n) is 2.73. The van der Waals surface area contributed by atoms with Crippen LogP contribution in [0.3, 0.4) is 0 Å². The second-order valence-electron chi connectivity index (χ2n) is 6.24. The number of ether oxygens (including phenoxy) is 1. The van der Waals surface area contributed by atoms with Gasteiger partial charge in [-0.15, -0.1) is 0 Å². The Bertz CT molecular complexity index is 242. The first-order chi connectivity index (χ1) is 10.7. The van der Waals surface area contributed by atoms with E-state index in [0.29, 0.717) is 0 Å². The third kappa shape index (κ3) is 11.3. The molecule has 0 radical (unpaired) electrons. The van der Waals surface area contributed by atoms with E-state index in [-0.39, 0.29) is 0 Å². The predicted molar refractivity (Wildman–Crippen MR) is 101 cm³/mol. The molecular formula is C19H40O2Si. The van der Waals surface area contributed by atoms with E-state index in [0.717, 1.165) is 26.1 Å². The smallest absolute Gasteiger partial charge is 0.191 e. The van der Waals surface area contributed by atoms with Crippen molar-refractivity contribution in [3.63, 3.8) is 0 Å². The maximum absolute atomic E-state index is 6.20. The molecular weight excluding hydrogens is 288 g/mol. The molecule has 0 heterocycles. The summed E-state index contributed by atoms with van der Waals surface area (Å²) < 4.78 is 11.8. The lowest BCUT2D eigenvalue weighted by Gasteiger charge is -2.27. The highest BCUT2D eigenvalue weighted by molar-refractivity contribution is 6.73. The van der Waals surface area contributed by atoms with Gasteiger partial charge in [-0.05, 0) is 37.0 Å². The van der Waals surface area contributed by atoms with Crippen molar-refractivity contribution in [2.75, 3.05) is 13.2 Å². The predicted octanol–water partition coefficient (Wildman–Crippen LogP) is 6.68. The Balaban J connectivity index is 3.40. The number of unbranched alkanes of at least 4 members (excludes halogenated alkanes) is 6. The molecule has 0 saturated carbocycles. The second kappa shape index (κ2) is 15.6. The van der Waals surface area contributed by atoms with Crippen LogP contribution in [0.2, 0.25) is 18.1 Å². The number of hydrogen-bond acceptors (Lipinski definition) is 2. The number of rotatable bonds is 16. The molecule has 0 bridgehead atoms. The number of allylic oxidation sites excluding steroid dienone is 1. The van der Waals surface area contributed by atoms with E-state index in [1.807, 2.05) is 6.26 Å². The molecule has 0 amide bonds. The van der Waals surface area contributed by atoms with Crippen LogP contribution in [0.15, 0.2) is 12.3 Å². The molecule has 0 aromatic rings. The van der Waals surface area contributed by atoms with Gasteiger partial charge in [-0.3, -0.25) is 0 Å². The standard InChI is InChI=1S/C19H40O2Si/c1-5-9-10-11-12-13-14-15-17-20-18-16-19-21-22(6-2,7-3)8-4/h15,17H,5-14,16,18-19H2,1-4H3/b17-15+. The Hall–Kier alpha value is -0.283. The van der Waals surface area contributed by atoms with Crippen molar-refractivity contribution in [2.24, 2.45) is 0 Å². The zero-order chi connectivity index (χ0) is 16.5. The van der Waals surface area contributed by atoms with Gasteiger partial charge in [0.1, 0.15) is 0 Å². The maximum atomic E-state index is 6.20. The van der Waals surface area contributed by atoms with Crippen molar-refractivity contribution >= 4 is 8.32 Å². The van der Waals surface area contributed by atoms with Crippen LogP contribution in [0.5, 0.6) is 0 Å². The van der Waals surface area contributed by atoms with Gasteiger partial charge in [0.2, 0.25) is 0 Å². The van der Waals surface area contributed by atoms with Gasteiger partial charge in [-0.1, -0.05) is 59.8 Å². The summed E-state index contributed by atoms with van der Waals surface area (Å²) >= 11 is 0. The van der Waals surface area contributed by atoms with E-state index in [1.54, 1.807) is 0 Å². The van der Waals surface area contributed by atoms with Crippen LogP contribution in [-0.2, 0) is 9.16 Å². The van der Waals surface area contributed by atoms with Gasteiger partial charge in [-0.25, -0.2) is 0 Å². The molecule has 0 rings (SSSR count). The molecule has 0 atom stereocenters. The molecule has 0 spiro atoms. The summed E-state index contributed by atoms with van der Waals surface area (Å²) in [5.41, 5.74) is 0. The molecule has 0 aliphatic heterocycles. The Morgan fingerprint density at radius 2 is 1.36 bits per heavy atom. The van der Waals surface area contributed by atoms with Gasteiger partial charge in [0.05, 0.1) is 12.9 Å². The van der Waals surface area contributed by atoms with Gasteiger partial charge in [0.15, 0.2) is 8.32 Å². The van der Waals surface area contributed by atoms with Crippen LogP contribution in [0.4, 0.5) is 0 Å². The Labute approximate surface area is 140 Å². The minimum absolute atomic E-state index is 0.786. The normalized spacial score (nSPS) is 12.2.